The van der Waals surface area contributed by atoms with Gasteiger partial charge in [-0.2, -0.15) is 5.10 Å². The molecule has 0 saturated heterocycles. The molecule has 0 aliphatic carbocycles. The topological polar surface area (TPSA) is 70.1 Å². The fourth-order valence-corrected chi connectivity index (χ4v) is 2.37. The van der Waals surface area contributed by atoms with Crippen LogP contribution in [0.25, 0.3) is 0 Å². The largest absolute Gasteiger partial charge is 0.465 e. The molecule has 0 amide bonds. The number of carbonyl (C=O) groups is 1. The van der Waals surface area contributed by atoms with E-state index in [1.165, 1.54) is 0 Å². The van der Waals surface area contributed by atoms with E-state index in [1.807, 2.05) is 19.4 Å². The first-order chi connectivity index (χ1) is 8.45. The van der Waals surface area contributed by atoms with Crippen molar-refractivity contribution in [3.63, 3.8) is 0 Å². The van der Waals surface area contributed by atoms with Gasteiger partial charge in [0.2, 0.25) is 0 Å². The molecule has 0 radical (unpaired) electrons. The van der Waals surface area contributed by atoms with Crippen LogP contribution in [0.15, 0.2) is 17.3 Å². The summed E-state index contributed by atoms with van der Waals surface area (Å²) in [4.78, 5) is 12.7. The number of aromatic nitrogens is 2. The summed E-state index contributed by atoms with van der Waals surface area (Å²) >= 11 is 1.72. The molecule has 102 valence electrons. The van der Waals surface area contributed by atoms with Gasteiger partial charge in [0.15, 0.2) is 0 Å². The summed E-state index contributed by atoms with van der Waals surface area (Å²) in [6.45, 7) is 3.88. The molecule has 0 fully saturated rings. The molecule has 1 aromatic heterocycles. The van der Waals surface area contributed by atoms with Gasteiger partial charge in [-0.25, -0.2) is 0 Å². The fraction of sp³-hybridized carbons (Fsp3) is 0.667. The zero-order chi connectivity index (χ0) is 13.6. The predicted molar refractivity (Wildman–Crippen MR) is 72.4 cm³/mol. The van der Waals surface area contributed by atoms with Gasteiger partial charge in [-0.05, 0) is 32.4 Å². The lowest BCUT2D eigenvalue weighted by molar-refractivity contribution is -0.149. The molecule has 1 rings (SSSR count). The van der Waals surface area contributed by atoms with Crippen molar-refractivity contribution in [3.8, 4) is 0 Å². The summed E-state index contributed by atoms with van der Waals surface area (Å²) in [5, 5.41) is 4.09. The maximum atomic E-state index is 11.6. The molecular formula is C12H21N3O2S. The van der Waals surface area contributed by atoms with E-state index in [2.05, 4.69) is 5.10 Å². The van der Waals surface area contributed by atoms with Crippen LogP contribution in [-0.4, -0.2) is 33.6 Å². The summed E-state index contributed by atoms with van der Waals surface area (Å²) in [5.41, 5.74) is 5.05. The highest BCUT2D eigenvalue weighted by Crippen LogP contribution is 2.20. The minimum absolute atomic E-state index is 0.323. The number of esters is 1. The number of hydrogen-bond acceptors (Lipinski definition) is 5. The number of hydrogen-bond donors (Lipinski definition) is 1. The maximum Gasteiger partial charge on any atom is 0.325 e. The number of carbonyl (C=O) groups excluding carboxylic acids is 1. The summed E-state index contributed by atoms with van der Waals surface area (Å²) < 4.78 is 6.71. The third-order valence-corrected chi connectivity index (χ3v) is 3.57. The van der Waals surface area contributed by atoms with Crippen LogP contribution >= 0.6 is 11.8 Å². The van der Waals surface area contributed by atoms with E-state index in [4.69, 9.17) is 10.5 Å². The highest BCUT2D eigenvalue weighted by Gasteiger charge is 2.29. The van der Waals surface area contributed by atoms with Gasteiger partial charge in [-0.1, -0.05) is 0 Å². The average molecular weight is 271 g/mol. The monoisotopic (exact) mass is 271 g/mol. The van der Waals surface area contributed by atoms with Crippen molar-refractivity contribution in [2.45, 2.75) is 37.1 Å². The Labute approximate surface area is 112 Å². The van der Waals surface area contributed by atoms with Gasteiger partial charge in [0.1, 0.15) is 5.54 Å². The molecule has 6 heteroatoms. The molecule has 1 atom stereocenters. The van der Waals surface area contributed by atoms with Crippen molar-refractivity contribution < 1.29 is 9.53 Å². The second-order valence-electron chi connectivity index (χ2n) is 4.44. The van der Waals surface area contributed by atoms with Gasteiger partial charge in [0.25, 0.3) is 0 Å². The van der Waals surface area contributed by atoms with Crippen LogP contribution in [0.1, 0.15) is 26.7 Å². The predicted octanol–water partition coefficient (Wildman–Crippen LogP) is 1.57. The Kier molecular flexibility index (Phi) is 5.68. The molecule has 18 heavy (non-hydrogen) atoms. The van der Waals surface area contributed by atoms with E-state index in [1.54, 1.807) is 30.3 Å². The number of ether oxygens (including phenoxy) is 1. The third kappa shape index (κ3) is 4.70. The summed E-state index contributed by atoms with van der Waals surface area (Å²) in [6.07, 6.45) is 5.29. The van der Waals surface area contributed by atoms with Crippen molar-refractivity contribution in [1.82, 2.24) is 9.78 Å². The van der Waals surface area contributed by atoms with Crippen LogP contribution < -0.4 is 5.73 Å². The first-order valence-electron chi connectivity index (χ1n) is 6.03. The molecule has 0 aliphatic rings. The van der Waals surface area contributed by atoms with E-state index in [-0.39, 0.29) is 5.97 Å². The first kappa shape index (κ1) is 15.0. The van der Waals surface area contributed by atoms with Crippen LogP contribution in [0.5, 0.6) is 0 Å². The van der Waals surface area contributed by atoms with Gasteiger partial charge in [0, 0.05) is 18.1 Å². The van der Waals surface area contributed by atoms with E-state index < -0.39 is 5.54 Å². The Hall–Kier alpha value is -1.01. The zero-order valence-electron chi connectivity index (χ0n) is 11.2. The molecule has 2 N–H and O–H groups in total. The quantitative estimate of drug-likeness (QED) is 0.463. The summed E-state index contributed by atoms with van der Waals surface area (Å²) in [7, 11) is 1.89. The molecule has 0 bridgehead atoms. The highest BCUT2D eigenvalue weighted by molar-refractivity contribution is 7.99. The third-order valence-electron chi connectivity index (χ3n) is 2.53. The highest BCUT2D eigenvalue weighted by atomic mass is 32.2. The smallest absolute Gasteiger partial charge is 0.325 e. The van der Waals surface area contributed by atoms with E-state index in [9.17, 15) is 4.79 Å². The molecule has 1 heterocycles. The number of nitrogens with zero attached hydrogens (tertiary/aromatic N) is 2. The number of nitrogens with two attached hydrogens (primary N) is 1. The van der Waals surface area contributed by atoms with Crippen molar-refractivity contribution in [2.24, 2.45) is 12.8 Å². The Morgan fingerprint density at radius 3 is 2.94 bits per heavy atom. The van der Waals surface area contributed by atoms with Gasteiger partial charge < -0.3 is 10.5 Å². The van der Waals surface area contributed by atoms with Crippen molar-refractivity contribution >= 4 is 17.7 Å². The molecule has 5 nitrogen and oxygen atoms in total. The van der Waals surface area contributed by atoms with Crippen molar-refractivity contribution in [1.29, 1.82) is 0 Å². The lowest BCUT2D eigenvalue weighted by atomic mass is 9.98. The lowest BCUT2D eigenvalue weighted by Gasteiger charge is -2.21. The second-order valence-corrected chi connectivity index (χ2v) is 5.61. The number of thioether (sulfide) groups is 1. The van der Waals surface area contributed by atoms with E-state index in [0.717, 1.165) is 17.1 Å². The Bertz CT molecular complexity index is 390. The van der Waals surface area contributed by atoms with Crippen LogP contribution in [0.2, 0.25) is 0 Å². The van der Waals surface area contributed by atoms with Gasteiger partial charge >= 0.3 is 5.97 Å². The van der Waals surface area contributed by atoms with Crippen molar-refractivity contribution in [2.75, 3.05) is 12.4 Å². The normalized spacial score (nSPS) is 14.2. The summed E-state index contributed by atoms with van der Waals surface area (Å²) in [6, 6.07) is 0. The van der Waals surface area contributed by atoms with E-state index >= 15 is 0 Å². The van der Waals surface area contributed by atoms with Crippen LogP contribution in [0.3, 0.4) is 0 Å². The SMILES string of the molecule is CCOC(=O)C(C)(N)CCCSc1cnn(C)c1. The molecular weight excluding hydrogens is 250 g/mol. The van der Waals surface area contributed by atoms with Crippen molar-refractivity contribution in [3.05, 3.63) is 12.4 Å². The molecule has 0 aromatic carbocycles. The van der Waals surface area contributed by atoms with E-state index in [0.29, 0.717) is 13.0 Å². The number of aryl methyl sites for hydroxylation is 1. The zero-order valence-corrected chi connectivity index (χ0v) is 12.0. The summed E-state index contributed by atoms with van der Waals surface area (Å²) in [5.74, 6) is 0.592. The fourth-order valence-electron chi connectivity index (χ4n) is 1.50. The number of rotatable bonds is 7. The minimum atomic E-state index is -0.883. The van der Waals surface area contributed by atoms with Gasteiger partial charge in [0.05, 0.1) is 12.8 Å². The molecule has 1 unspecified atom stereocenters. The Morgan fingerprint density at radius 2 is 2.39 bits per heavy atom. The molecule has 1 aromatic rings. The molecule has 0 aliphatic heterocycles. The lowest BCUT2D eigenvalue weighted by Crippen LogP contribution is -2.46. The average Bonchev–Trinajstić information content (AvgIpc) is 2.71. The van der Waals surface area contributed by atoms with Crippen LogP contribution in [0, 0.1) is 0 Å². The Balaban J connectivity index is 2.26. The second kappa shape index (κ2) is 6.80. The first-order valence-corrected chi connectivity index (χ1v) is 7.02. The molecule has 0 spiro atoms. The standard InChI is InChI=1S/C12H21N3O2S/c1-4-17-11(16)12(2,13)6-5-7-18-10-8-14-15(3)9-10/h8-9H,4-7,13H2,1-3H3. The van der Waals surface area contributed by atoms with Gasteiger partial charge in [-0.3, -0.25) is 9.48 Å². The van der Waals surface area contributed by atoms with Crippen LogP contribution in [-0.2, 0) is 16.6 Å². The Morgan fingerprint density at radius 1 is 1.67 bits per heavy atom. The van der Waals surface area contributed by atoms with Crippen LogP contribution in [0.4, 0.5) is 0 Å². The molecule has 0 saturated carbocycles. The minimum Gasteiger partial charge on any atom is -0.465 e. The maximum absolute atomic E-state index is 11.6. The van der Waals surface area contributed by atoms with Gasteiger partial charge in [-0.15, -0.1) is 11.8 Å².